The molecule has 30 heavy (non-hydrogen) atoms. The van der Waals surface area contributed by atoms with E-state index >= 15 is 0 Å². The minimum atomic E-state index is -0.466. The van der Waals surface area contributed by atoms with E-state index in [1.807, 2.05) is 25.1 Å². The lowest BCUT2D eigenvalue weighted by molar-refractivity contribution is 0.0527. The van der Waals surface area contributed by atoms with Crippen LogP contribution in [-0.2, 0) is 4.74 Å². The molecule has 7 nitrogen and oxygen atoms in total. The largest absolute Gasteiger partial charge is 0.497 e. The molecule has 0 amide bonds. The van der Waals surface area contributed by atoms with Gasteiger partial charge in [-0.1, -0.05) is 0 Å². The Morgan fingerprint density at radius 2 is 1.87 bits per heavy atom. The maximum absolute atomic E-state index is 12.6. The van der Waals surface area contributed by atoms with E-state index in [2.05, 4.69) is 26.2 Å². The molecule has 1 N–H and O–H groups in total. The van der Waals surface area contributed by atoms with Crippen LogP contribution in [0.3, 0.4) is 0 Å². The number of benzene rings is 2. The summed E-state index contributed by atoms with van der Waals surface area (Å²) in [5.41, 5.74) is 2.22. The molecule has 0 saturated carbocycles. The van der Waals surface area contributed by atoms with Crippen molar-refractivity contribution in [2.24, 2.45) is 0 Å². The third-order valence-corrected chi connectivity index (χ3v) is 5.00. The van der Waals surface area contributed by atoms with Crippen LogP contribution in [0.4, 0.5) is 11.4 Å². The summed E-state index contributed by atoms with van der Waals surface area (Å²) in [4.78, 5) is 17.1. The van der Waals surface area contributed by atoms with Crippen LogP contribution in [0.1, 0.15) is 24.2 Å². The molecule has 3 aromatic rings. The Labute approximate surface area is 183 Å². The number of nitrogens with zero attached hydrogens (tertiary/aromatic N) is 1. The quantitative estimate of drug-likeness (QED) is 0.441. The highest BCUT2D eigenvalue weighted by Crippen LogP contribution is 2.38. The smallest absolute Gasteiger partial charge is 0.341 e. The van der Waals surface area contributed by atoms with Gasteiger partial charge in [0.15, 0.2) is 0 Å². The molecule has 2 aromatic carbocycles. The first-order chi connectivity index (χ1) is 14.5. The zero-order valence-corrected chi connectivity index (χ0v) is 18.8. The zero-order chi connectivity index (χ0) is 21.7. The second kappa shape index (κ2) is 9.67. The molecular weight excluding hydrogens is 452 g/mol. The molecule has 1 heterocycles. The fourth-order valence-electron chi connectivity index (χ4n) is 2.99. The van der Waals surface area contributed by atoms with Gasteiger partial charge in [-0.3, -0.25) is 4.98 Å². The van der Waals surface area contributed by atoms with E-state index in [-0.39, 0.29) is 6.61 Å². The summed E-state index contributed by atoms with van der Waals surface area (Å²) < 4.78 is 22.4. The van der Waals surface area contributed by atoms with Gasteiger partial charge in [-0.2, -0.15) is 0 Å². The predicted octanol–water partition coefficient (Wildman–Crippen LogP) is 5.33. The molecule has 1 aromatic heterocycles. The molecule has 0 aliphatic heterocycles. The van der Waals surface area contributed by atoms with Crippen molar-refractivity contribution in [2.45, 2.75) is 13.8 Å². The number of anilines is 2. The molecule has 158 valence electrons. The number of rotatable bonds is 8. The highest BCUT2D eigenvalue weighted by atomic mass is 79.9. The Balaban J connectivity index is 2.19. The first kappa shape index (κ1) is 21.7. The number of pyridine rings is 1. The number of aromatic nitrogens is 1. The topological polar surface area (TPSA) is 78.9 Å². The number of hydrogen-bond donors (Lipinski definition) is 1. The standard InChI is InChI=1S/C22H23BrN2O5/c1-5-29-19-11-18-14(10-16(19)23)21(15(12-24-18)22(26)30-6-2)25-17-8-7-13(27-3)9-20(17)28-4/h7-12H,5-6H2,1-4H3,(H,24,25). The van der Waals surface area contributed by atoms with E-state index < -0.39 is 5.97 Å². The van der Waals surface area contributed by atoms with Crippen molar-refractivity contribution in [1.82, 2.24) is 4.98 Å². The number of methoxy groups -OCH3 is 2. The van der Waals surface area contributed by atoms with Crippen LogP contribution >= 0.6 is 15.9 Å². The Morgan fingerprint density at radius 1 is 1.07 bits per heavy atom. The molecule has 0 unspecified atom stereocenters. The second-order valence-corrected chi connectivity index (χ2v) is 7.05. The fraction of sp³-hybridized carbons (Fsp3) is 0.273. The van der Waals surface area contributed by atoms with Crippen molar-refractivity contribution >= 4 is 44.2 Å². The molecular formula is C22H23BrN2O5. The van der Waals surface area contributed by atoms with Gasteiger partial charge in [0, 0.05) is 23.7 Å². The van der Waals surface area contributed by atoms with Gasteiger partial charge in [-0.15, -0.1) is 0 Å². The third-order valence-electron chi connectivity index (χ3n) is 4.39. The van der Waals surface area contributed by atoms with Crippen LogP contribution in [0.15, 0.2) is 41.0 Å². The minimum absolute atomic E-state index is 0.259. The van der Waals surface area contributed by atoms with Crippen molar-refractivity contribution in [3.8, 4) is 17.2 Å². The molecule has 3 rings (SSSR count). The number of nitrogens with one attached hydrogen (secondary N) is 1. The number of hydrogen-bond acceptors (Lipinski definition) is 7. The van der Waals surface area contributed by atoms with Crippen molar-refractivity contribution in [2.75, 3.05) is 32.8 Å². The number of ether oxygens (including phenoxy) is 4. The molecule has 0 saturated heterocycles. The van der Waals surface area contributed by atoms with Gasteiger partial charge in [0.05, 0.1) is 48.8 Å². The van der Waals surface area contributed by atoms with E-state index in [0.29, 0.717) is 46.3 Å². The normalized spacial score (nSPS) is 10.6. The van der Waals surface area contributed by atoms with Gasteiger partial charge < -0.3 is 24.3 Å². The van der Waals surface area contributed by atoms with E-state index in [0.717, 1.165) is 9.86 Å². The fourth-order valence-corrected chi connectivity index (χ4v) is 3.45. The minimum Gasteiger partial charge on any atom is -0.497 e. The van der Waals surface area contributed by atoms with Crippen LogP contribution in [0.2, 0.25) is 0 Å². The summed E-state index contributed by atoms with van der Waals surface area (Å²) in [6.45, 7) is 4.46. The molecule has 0 spiro atoms. The van der Waals surface area contributed by atoms with Gasteiger partial charge in [0.1, 0.15) is 22.8 Å². The molecule has 0 aliphatic carbocycles. The summed E-state index contributed by atoms with van der Waals surface area (Å²) in [5.74, 6) is 1.44. The van der Waals surface area contributed by atoms with Crippen molar-refractivity contribution < 1.29 is 23.7 Å². The third kappa shape index (κ3) is 4.43. The lowest BCUT2D eigenvalue weighted by Crippen LogP contribution is -2.10. The van der Waals surface area contributed by atoms with Gasteiger partial charge in [-0.25, -0.2) is 4.79 Å². The van der Waals surface area contributed by atoms with E-state index in [1.54, 1.807) is 33.3 Å². The highest BCUT2D eigenvalue weighted by Gasteiger charge is 2.20. The number of esters is 1. The Kier molecular flexibility index (Phi) is 6.99. The number of carbonyl (C=O) groups excluding carboxylic acids is 1. The van der Waals surface area contributed by atoms with Crippen molar-refractivity contribution in [1.29, 1.82) is 0 Å². The summed E-state index contributed by atoms with van der Waals surface area (Å²) >= 11 is 3.54. The molecule has 0 aliphatic rings. The highest BCUT2D eigenvalue weighted by molar-refractivity contribution is 9.10. The average molecular weight is 475 g/mol. The molecule has 0 fully saturated rings. The number of halogens is 1. The van der Waals surface area contributed by atoms with E-state index in [9.17, 15) is 4.79 Å². The molecule has 0 radical (unpaired) electrons. The molecule has 0 bridgehead atoms. The lowest BCUT2D eigenvalue weighted by Gasteiger charge is -2.17. The van der Waals surface area contributed by atoms with Gasteiger partial charge >= 0.3 is 5.97 Å². The second-order valence-electron chi connectivity index (χ2n) is 6.19. The maximum atomic E-state index is 12.6. The van der Waals surface area contributed by atoms with Crippen molar-refractivity contribution in [3.05, 3.63) is 46.6 Å². The van der Waals surface area contributed by atoms with Gasteiger partial charge in [-0.05, 0) is 48.0 Å². The Bertz CT molecular complexity index is 1070. The zero-order valence-electron chi connectivity index (χ0n) is 17.2. The van der Waals surface area contributed by atoms with Crippen LogP contribution < -0.4 is 19.5 Å². The predicted molar refractivity (Wildman–Crippen MR) is 119 cm³/mol. The van der Waals surface area contributed by atoms with Crippen LogP contribution in [-0.4, -0.2) is 38.4 Å². The monoisotopic (exact) mass is 474 g/mol. The van der Waals surface area contributed by atoms with Gasteiger partial charge in [0.25, 0.3) is 0 Å². The van der Waals surface area contributed by atoms with Gasteiger partial charge in [0.2, 0.25) is 0 Å². The first-order valence-corrected chi connectivity index (χ1v) is 10.2. The van der Waals surface area contributed by atoms with Crippen LogP contribution in [0.25, 0.3) is 10.9 Å². The SMILES string of the molecule is CCOC(=O)c1cnc2cc(OCC)c(Br)cc2c1Nc1ccc(OC)cc1OC. The summed E-state index contributed by atoms with van der Waals surface area (Å²) in [6.07, 6.45) is 1.50. The van der Waals surface area contributed by atoms with Crippen LogP contribution in [0, 0.1) is 0 Å². The summed E-state index contributed by atoms with van der Waals surface area (Å²) in [6, 6.07) is 9.09. The number of fused-ring (bicyclic) bond motifs is 1. The van der Waals surface area contributed by atoms with Crippen molar-refractivity contribution in [3.63, 3.8) is 0 Å². The van der Waals surface area contributed by atoms with E-state index in [1.165, 1.54) is 6.20 Å². The Morgan fingerprint density at radius 3 is 2.53 bits per heavy atom. The molecule has 0 atom stereocenters. The number of carbonyl (C=O) groups is 1. The Hall–Kier alpha value is -3.00. The lowest BCUT2D eigenvalue weighted by atomic mass is 10.1. The summed E-state index contributed by atoms with van der Waals surface area (Å²) in [7, 11) is 3.16. The maximum Gasteiger partial charge on any atom is 0.341 e. The summed E-state index contributed by atoms with van der Waals surface area (Å²) in [5, 5.41) is 4.05. The first-order valence-electron chi connectivity index (χ1n) is 9.43. The molecule has 8 heteroatoms. The van der Waals surface area contributed by atoms with E-state index in [4.69, 9.17) is 18.9 Å². The van der Waals surface area contributed by atoms with Crippen LogP contribution in [0.5, 0.6) is 17.2 Å². The average Bonchev–Trinajstić information content (AvgIpc) is 2.75.